The first kappa shape index (κ1) is 14.9. The monoisotopic (exact) mass is 325 g/mol. The highest BCUT2D eigenvalue weighted by Gasteiger charge is 2.21. The van der Waals surface area contributed by atoms with Crippen LogP contribution in [-0.4, -0.2) is 19.7 Å². The minimum Gasteiger partial charge on any atom is -0.494 e. The summed E-state index contributed by atoms with van der Waals surface area (Å²) in [7, 11) is 2.08. The standard InChI is InChI=1S/C16H24BrNO/c1-18-16(13-5-3-2-4-6-13)11-12-19-15-9-7-14(17)8-10-15/h7-10,13,16,18H,2-6,11-12H2,1H3. The van der Waals surface area contributed by atoms with E-state index >= 15 is 0 Å². The summed E-state index contributed by atoms with van der Waals surface area (Å²) in [5.74, 6) is 1.80. The van der Waals surface area contributed by atoms with Crippen molar-refractivity contribution in [3.63, 3.8) is 0 Å². The lowest BCUT2D eigenvalue weighted by Crippen LogP contribution is -2.36. The molecule has 2 nitrogen and oxygen atoms in total. The molecule has 1 fully saturated rings. The van der Waals surface area contributed by atoms with Gasteiger partial charge in [-0.05, 0) is 56.5 Å². The van der Waals surface area contributed by atoms with Gasteiger partial charge in [-0.3, -0.25) is 0 Å². The van der Waals surface area contributed by atoms with E-state index in [1.807, 2.05) is 24.3 Å². The maximum absolute atomic E-state index is 5.82. The molecule has 0 spiro atoms. The van der Waals surface area contributed by atoms with Crippen molar-refractivity contribution in [1.29, 1.82) is 0 Å². The van der Waals surface area contributed by atoms with Crippen molar-refractivity contribution in [1.82, 2.24) is 5.32 Å². The number of ether oxygens (including phenoxy) is 1. The van der Waals surface area contributed by atoms with Gasteiger partial charge in [-0.25, -0.2) is 0 Å². The molecule has 0 heterocycles. The number of benzene rings is 1. The first-order valence-electron chi connectivity index (χ1n) is 7.35. The van der Waals surface area contributed by atoms with Crippen molar-refractivity contribution in [2.45, 2.75) is 44.6 Å². The van der Waals surface area contributed by atoms with Crippen molar-refractivity contribution in [2.24, 2.45) is 5.92 Å². The number of hydrogen-bond acceptors (Lipinski definition) is 2. The third-order valence-electron chi connectivity index (χ3n) is 4.10. The number of halogens is 1. The second-order valence-electron chi connectivity index (χ2n) is 5.38. The van der Waals surface area contributed by atoms with Crippen LogP contribution in [0.25, 0.3) is 0 Å². The van der Waals surface area contributed by atoms with E-state index in [1.54, 1.807) is 0 Å². The lowest BCUT2D eigenvalue weighted by molar-refractivity contribution is 0.224. The highest BCUT2D eigenvalue weighted by Crippen LogP contribution is 2.27. The smallest absolute Gasteiger partial charge is 0.119 e. The van der Waals surface area contributed by atoms with Crippen LogP contribution in [0.1, 0.15) is 38.5 Å². The Bertz CT molecular complexity index is 360. The van der Waals surface area contributed by atoms with Gasteiger partial charge < -0.3 is 10.1 Å². The van der Waals surface area contributed by atoms with Gasteiger partial charge in [-0.15, -0.1) is 0 Å². The Kier molecular flexibility index (Phi) is 6.18. The lowest BCUT2D eigenvalue weighted by atomic mass is 9.83. The normalized spacial score (nSPS) is 18.2. The molecular formula is C16H24BrNO. The lowest BCUT2D eigenvalue weighted by Gasteiger charge is -2.30. The van der Waals surface area contributed by atoms with Crippen molar-refractivity contribution in [2.75, 3.05) is 13.7 Å². The summed E-state index contributed by atoms with van der Waals surface area (Å²) in [5.41, 5.74) is 0. The molecule has 3 heteroatoms. The Morgan fingerprint density at radius 1 is 1.21 bits per heavy atom. The van der Waals surface area contributed by atoms with E-state index in [1.165, 1.54) is 32.1 Å². The first-order chi connectivity index (χ1) is 9.29. The van der Waals surface area contributed by atoms with E-state index in [0.717, 1.165) is 29.2 Å². The molecule has 1 unspecified atom stereocenters. The van der Waals surface area contributed by atoms with Crippen LogP contribution >= 0.6 is 15.9 Å². The van der Waals surface area contributed by atoms with Crippen molar-refractivity contribution in [3.05, 3.63) is 28.7 Å². The van der Waals surface area contributed by atoms with Gasteiger partial charge in [0.05, 0.1) is 6.61 Å². The third-order valence-corrected chi connectivity index (χ3v) is 4.63. The molecule has 0 radical (unpaired) electrons. The molecule has 2 rings (SSSR count). The van der Waals surface area contributed by atoms with E-state index in [9.17, 15) is 0 Å². The van der Waals surface area contributed by atoms with Gasteiger partial charge in [0.2, 0.25) is 0 Å². The molecule has 1 aromatic carbocycles. The van der Waals surface area contributed by atoms with Gasteiger partial charge in [0.1, 0.15) is 5.75 Å². The van der Waals surface area contributed by atoms with Crippen LogP contribution in [0.3, 0.4) is 0 Å². The summed E-state index contributed by atoms with van der Waals surface area (Å²) in [4.78, 5) is 0. The second kappa shape index (κ2) is 7.91. The number of rotatable bonds is 6. The summed E-state index contributed by atoms with van der Waals surface area (Å²) < 4.78 is 6.92. The summed E-state index contributed by atoms with van der Waals surface area (Å²) in [6.45, 7) is 0.795. The molecule has 19 heavy (non-hydrogen) atoms. The molecule has 0 aliphatic heterocycles. The van der Waals surface area contributed by atoms with E-state index in [4.69, 9.17) is 4.74 Å². The summed E-state index contributed by atoms with van der Waals surface area (Å²) >= 11 is 3.43. The van der Waals surface area contributed by atoms with Crippen molar-refractivity contribution >= 4 is 15.9 Å². The Morgan fingerprint density at radius 2 is 1.89 bits per heavy atom. The number of nitrogens with one attached hydrogen (secondary N) is 1. The molecule has 1 aliphatic rings. The van der Waals surface area contributed by atoms with Crippen LogP contribution in [0.15, 0.2) is 28.7 Å². The molecule has 1 saturated carbocycles. The van der Waals surface area contributed by atoms with Crippen LogP contribution in [0.5, 0.6) is 5.75 Å². The maximum Gasteiger partial charge on any atom is 0.119 e. The average Bonchev–Trinajstić information content (AvgIpc) is 2.46. The zero-order chi connectivity index (χ0) is 13.5. The molecule has 0 amide bonds. The minimum atomic E-state index is 0.607. The highest BCUT2D eigenvalue weighted by molar-refractivity contribution is 9.10. The predicted octanol–water partition coefficient (Wildman–Crippen LogP) is 4.39. The van der Waals surface area contributed by atoms with E-state index in [2.05, 4.69) is 28.3 Å². The quantitative estimate of drug-likeness (QED) is 0.837. The predicted molar refractivity (Wildman–Crippen MR) is 83.7 cm³/mol. The van der Waals surface area contributed by atoms with Gasteiger partial charge in [-0.2, -0.15) is 0 Å². The summed E-state index contributed by atoms with van der Waals surface area (Å²) in [6.07, 6.45) is 8.07. The van der Waals surface area contributed by atoms with Crippen LogP contribution in [-0.2, 0) is 0 Å². The molecule has 0 saturated heterocycles. The van der Waals surface area contributed by atoms with Crippen molar-refractivity contribution in [3.8, 4) is 5.75 Å². The van der Waals surface area contributed by atoms with Gasteiger partial charge in [0.25, 0.3) is 0 Å². The Hall–Kier alpha value is -0.540. The molecule has 1 aliphatic carbocycles. The number of hydrogen-bond donors (Lipinski definition) is 1. The molecule has 1 N–H and O–H groups in total. The fourth-order valence-electron chi connectivity index (χ4n) is 2.99. The van der Waals surface area contributed by atoms with Crippen LogP contribution in [0.4, 0.5) is 0 Å². The van der Waals surface area contributed by atoms with Gasteiger partial charge >= 0.3 is 0 Å². The average molecular weight is 326 g/mol. The van der Waals surface area contributed by atoms with Crippen molar-refractivity contribution < 1.29 is 4.74 Å². The zero-order valence-corrected chi connectivity index (χ0v) is 13.3. The van der Waals surface area contributed by atoms with E-state index in [0.29, 0.717) is 6.04 Å². The molecular weight excluding hydrogens is 302 g/mol. The van der Waals surface area contributed by atoms with Crippen LogP contribution < -0.4 is 10.1 Å². The molecule has 0 bridgehead atoms. The van der Waals surface area contributed by atoms with E-state index < -0.39 is 0 Å². The summed E-state index contributed by atoms with van der Waals surface area (Å²) in [6, 6.07) is 8.67. The SMILES string of the molecule is CNC(CCOc1ccc(Br)cc1)C1CCCCC1. The largest absolute Gasteiger partial charge is 0.494 e. The van der Waals surface area contributed by atoms with Gasteiger partial charge in [0, 0.05) is 10.5 Å². The maximum atomic E-state index is 5.82. The fourth-order valence-corrected chi connectivity index (χ4v) is 3.25. The topological polar surface area (TPSA) is 21.3 Å². The van der Waals surface area contributed by atoms with Crippen LogP contribution in [0, 0.1) is 5.92 Å². The first-order valence-corrected chi connectivity index (χ1v) is 8.14. The fraction of sp³-hybridized carbons (Fsp3) is 0.625. The van der Waals surface area contributed by atoms with Gasteiger partial charge in [0.15, 0.2) is 0 Å². The Balaban J connectivity index is 1.74. The molecule has 1 atom stereocenters. The zero-order valence-electron chi connectivity index (χ0n) is 11.7. The molecule has 106 valence electrons. The second-order valence-corrected chi connectivity index (χ2v) is 6.30. The van der Waals surface area contributed by atoms with Gasteiger partial charge in [-0.1, -0.05) is 35.2 Å². The minimum absolute atomic E-state index is 0.607. The molecule has 1 aromatic rings. The third kappa shape index (κ3) is 4.81. The Morgan fingerprint density at radius 3 is 2.53 bits per heavy atom. The highest BCUT2D eigenvalue weighted by atomic mass is 79.9. The van der Waals surface area contributed by atoms with E-state index in [-0.39, 0.29) is 0 Å². The Labute approximate surface area is 125 Å². The summed E-state index contributed by atoms with van der Waals surface area (Å²) in [5, 5.41) is 3.48. The van der Waals surface area contributed by atoms with Crippen LogP contribution in [0.2, 0.25) is 0 Å². The molecule has 0 aromatic heterocycles.